The number of H-pyrrole nitrogens is 1. The Hall–Kier alpha value is -2.64. The summed E-state index contributed by atoms with van der Waals surface area (Å²) in [5.74, 6) is 0. The zero-order valence-electron chi connectivity index (χ0n) is 15.4. The number of benzene rings is 3. The summed E-state index contributed by atoms with van der Waals surface area (Å²) >= 11 is 0. The van der Waals surface area contributed by atoms with E-state index < -0.39 is 0 Å². The van der Waals surface area contributed by atoms with Crippen molar-refractivity contribution < 1.29 is 26.2 Å². The van der Waals surface area contributed by atoms with Crippen LogP contribution >= 0.6 is 0 Å². The van der Waals surface area contributed by atoms with E-state index in [1.54, 1.807) is 12.3 Å². The molecule has 3 aromatic carbocycles. The zero-order valence-corrected chi connectivity index (χ0v) is 17.8. The summed E-state index contributed by atoms with van der Waals surface area (Å²) in [6.07, 6.45) is 4.26. The van der Waals surface area contributed by atoms with Gasteiger partial charge in [-0.2, -0.15) is 79.9 Å². The number of hydrogen-bond acceptors (Lipinski definition) is 1. The van der Waals surface area contributed by atoms with Crippen molar-refractivity contribution >= 4 is 0 Å². The van der Waals surface area contributed by atoms with E-state index >= 15 is 0 Å². The quantitative estimate of drug-likeness (QED) is 0.350. The molecule has 2 nitrogen and oxygen atoms in total. The van der Waals surface area contributed by atoms with Crippen LogP contribution in [0, 0.1) is 27.0 Å². The molecule has 0 fully saturated rings. The van der Waals surface area contributed by atoms with Gasteiger partial charge in [-0.25, -0.2) is 0 Å². The van der Waals surface area contributed by atoms with Crippen LogP contribution in [0.5, 0.6) is 0 Å². The fraction of sp³-hybridized carbons (Fsp3) is 0. The maximum Gasteiger partial charge on any atom is 4.00 e. The van der Waals surface area contributed by atoms with Gasteiger partial charge >= 0.3 is 26.2 Å². The Morgan fingerprint density at radius 1 is 0.593 bits per heavy atom. The first kappa shape index (κ1) is 24.4. The molecule has 27 heavy (non-hydrogen) atoms. The Morgan fingerprint density at radius 2 is 0.926 bits per heavy atom. The van der Waals surface area contributed by atoms with Gasteiger partial charge in [0.25, 0.3) is 0 Å². The molecule has 0 radical (unpaired) electrons. The molecule has 0 unspecified atom stereocenters. The van der Waals surface area contributed by atoms with Crippen LogP contribution in [0.2, 0.25) is 0 Å². The molecule has 1 heterocycles. The standard InChI is InChI=1S/3C7H7.C3H3N2.Zr/c3*1-7-5-3-2-4-6-7;1-2-4-5-3-1;/h3*2-6H,1H2;1-2H,(H,4,5);/q4*-1;+4. The third-order valence-electron chi connectivity index (χ3n) is 2.89. The van der Waals surface area contributed by atoms with E-state index in [0.29, 0.717) is 0 Å². The first-order chi connectivity index (χ1) is 12.7. The SMILES string of the molecule is [CH2-]c1ccccc1.[CH2-]c1ccccc1.[CH2-]c1ccccc1.[Zr+4].[c-]1cc[nH]n1. The molecule has 0 aliphatic heterocycles. The Morgan fingerprint density at radius 3 is 1.04 bits per heavy atom. The van der Waals surface area contributed by atoms with Crippen molar-refractivity contribution in [3.05, 3.63) is 147 Å². The zero-order chi connectivity index (χ0) is 18.9. The monoisotopic (exact) mass is 430 g/mol. The molecule has 3 heteroatoms. The molecule has 0 amide bonds. The van der Waals surface area contributed by atoms with Gasteiger partial charge in [0.15, 0.2) is 0 Å². The second-order valence-electron chi connectivity index (χ2n) is 5.16. The van der Waals surface area contributed by atoms with Crippen molar-refractivity contribution in [2.24, 2.45) is 0 Å². The van der Waals surface area contributed by atoms with Crippen molar-refractivity contribution in [1.29, 1.82) is 0 Å². The third kappa shape index (κ3) is 15.3. The molecule has 0 spiro atoms. The van der Waals surface area contributed by atoms with E-state index in [-0.39, 0.29) is 26.2 Å². The molecule has 4 rings (SSSR count). The van der Waals surface area contributed by atoms with Crippen LogP contribution in [0.1, 0.15) is 16.7 Å². The van der Waals surface area contributed by atoms with Crippen molar-refractivity contribution in [2.45, 2.75) is 0 Å². The first-order valence-corrected chi connectivity index (χ1v) is 8.15. The van der Waals surface area contributed by atoms with E-state index in [4.69, 9.17) is 0 Å². The molecule has 0 aliphatic rings. The number of rotatable bonds is 0. The van der Waals surface area contributed by atoms with E-state index in [0.717, 1.165) is 16.7 Å². The number of aromatic amines is 1. The third-order valence-corrected chi connectivity index (χ3v) is 2.89. The molecule has 0 bridgehead atoms. The van der Waals surface area contributed by atoms with Gasteiger partial charge in [0.05, 0.1) is 0 Å². The Kier molecular flexibility index (Phi) is 15.2. The summed E-state index contributed by atoms with van der Waals surface area (Å²) < 4.78 is 0. The number of nitrogens with zero attached hydrogens (tertiary/aromatic N) is 1. The van der Waals surface area contributed by atoms with Crippen LogP contribution in [0.3, 0.4) is 0 Å². The van der Waals surface area contributed by atoms with Crippen molar-refractivity contribution in [3.63, 3.8) is 0 Å². The van der Waals surface area contributed by atoms with Gasteiger partial charge in [0.1, 0.15) is 0 Å². The number of nitrogens with one attached hydrogen (secondary N) is 1. The Balaban J connectivity index is 0.000000332. The topological polar surface area (TPSA) is 28.7 Å². The summed E-state index contributed by atoms with van der Waals surface area (Å²) in [6, 6.07) is 31.3. The molecule has 4 aromatic rings. The average molecular weight is 432 g/mol. The minimum absolute atomic E-state index is 0. The fourth-order valence-electron chi connectivity index (χ4n) is 1.62. The van der Waals surface area contributed by atoms with Crippen molar-refractivity contribution in [2.75, 3.05) is 0 Å². The molecular weight excluding hydrogens is 408 g/mol. The van der Waals surface area contributed by atoms with Gasteiger partial charge in [-0.3, -0.25) is 0 Å². The second kappa shape index (κ2) is 16.8. The molecular formula is C24H24N2Zr. The van der Waals surface area contributed by atoms with Gasteiger partial charge in [0, 0.05) is 0 Å². The fourth-order valence-corrected chi connectivity index (χ4v) is 1.62. The van der Waals surface area contributed by atoms with Crippen LogP contribution in [0.25, 0.3) is 0 Å². The van der Waals surface area contributed by atoms with Gasteiger partial charge in [0.2, 0.25) is 0 Å². The predicted molar refractivity (Wildman–Crippen MR) is 110 cm³/mol. The summed E-state index contributed by atoms with van der Waals surface area (Å²) in [7, 11) is 0. The van der Waals surface area contributed by atoms with Gasteiger partial charge < -0.3 is 10.2 Å². The smallest absolute Gasteiger partial charge is 0.382 e. The first-order valence-electron chi connectivity index (χ1n) is 8.15. The minimum Gasteiger partial charge on any atom is -0.382 e. The summed E-state index contributed by atoms with van der Waals surface area (Å²) in [5.41, 5.74) is 3.22. The van der Waals surface area contributed by atoms with E-state index in [9.17, 15) is 0 Å². The average Bonchev–Trinajstić information content (AvgIpc) is 3.25. The molecule has 134 valence electrons. The summed E-state index contributed by atoms with van der Waals surface area (Å²) in [4.78, 5) is 0. The molecule has 0 atom stereocenters. The van der Waals surface area contributed by atoms with Crippen LogP contribution in [0.4, 0.5) is 0 Å². The molecule has 0 aliphatic carbocycles. The Bertz CT molecular complexity index is 649. The van der Waals surface area contributed by atoms with Crippen LogP contribution in [-0.4, -0.2) is 10.2 Å². The molecule has 1 aromatic heterocycles. The number of aromatic nitrogens is 2. The van der Waals surface area contributed by atoms with Crippen LogP contribution in [0.15, 0.2) is 103 Å². The van der Waals surface area contributed by atoms with Crippen LogP contribution in [-0.2, 0) is 26.2 Å². The largest absolute Gasteiger partial charge is 4.00 e. The van der Waals surface area contributed by atoms with Crippen LogP contribution < -0.4 is 0 Å². The predicted octanol–water partition coefficient (Wildman–Crippen LogP) is 5.81. The Labute approximate surface area is 182 Å². The van der Waals surface area contributed by atoms with Gasteiger partial charge in [-0.15, -0.1) is 48.8 Å². The summed E-state index contributed by atoms with van der Waals surface area (Å²) in [6.45, 7) is 11.2. The van der Waals surface area contributed by atoms with Gasteiger partial charge in [-0.1, -0.05) is 18.2 Å². The maximum absolute atomic E-state index is 3.72. The second-order valence-corrected chi connectivity index (χ2v) is 5.16. The van der Waals surface area contributed by atoms with E-state index in [2.05, 4.69) is 37.2 Å². The summed E-state index contributed by atoms with van der Waals surface area (Å²) in [5, 5.41) is 6.03. The van der Waals surface area contributed by atoms with Gasteiger partial charge in [-0.05, 0) is 0 Å². The van der Waals surface area contributed by atoms with Crippen molar-refractivity contribution in [1.82, 2.24) is 10.2 Å². The number of hydrogen-bond donors (Lipinski definition) is 1. The maximum atomic E-state index is 3.72. The molecule has 1 N–H and O–H groups in total. The molecule has 0 saturated heterocycles. The van der Waals surface area contributed by atoms with E-state index in [1.165, 1.54) is 0 Å². The van der Waals surface area contributed by atoms with Crippen molar-refractivity contribution in [3.8, 4) is 0 Å². The minimum atomic E-state index is 0. The van der Waals surface area contributed by atoms with E-state index in [1.807, 2.05) is 91.0 Å². The normalized spacial score (nSPS) is 8.15. The molecule has 0 saturated carbocycles.